The van der Waals surface area contributed by atoms with Gasteiger partial charge in [0.15, 0.2) is 5.13 Å². The van der Waals surface area contributed by atoms with Gasteiger partial charge < -0.3 is 5.32 Å². The van der Waals surface area contributed by atoms with E-state index in [1.165, 1.54) is 11.3 Å². The van der Waals surface area contributed by atoms with E-state index in [9.17, 15) is 4.79 Å². The molecule has 0 unspecified atom stereocenters. The zero-order valence-electron chi connectivity index (χ0n) is 11.7. The first-order valence-corrected chi connectivity index (χ1v) is 8.26. The quantitative estimate of drug-likeness (QED) is 0.678. The molecule has 1 aromatic carbocycles. The van der Waals surface area contributed by atoms with Crippen LogP contribution in [-0.4, -0.2) is 11.0 Å². The molecule has 0 aliphatic carbocycles. The molecule has 114 valence electrons. The summed E-state index contributed by atoms with van der Waals surface area (Å²) in [5.41, 5.74) is 1.29. The summed E-state index contributed by atoms with van der Waals surface area (Å²) in [6, 6.07) is 5.37. The van der Waals surface area contributed by atoms with Crippen LogP contribution in [0.3, 0.4) is 0 Å². The number of anilines is 1. The van der Waals surface area contributed by atoms with Crippen molar-refractivity contribution >= 4 is 60.2 Å². The molecule has 0 fully saturated rings. The van der Waals surface area contributed by atoms with Crippen LogP contribution >= 0.6 is 38.9 Å². The molecular formula is C15H13BrClN3OS. The average molecular weight is 399 g/mol. The smallest absolute Gasteiger partial charge is 0.308 e. The number of nitrogens with one attached hydrogen (secondary N) is 2. The van der Waals surface area contributed by atoms with E-state index < -0.39 is 0 Å². The molecule has 0 atom stereocenters. The minimum Gasteiger partial charge on any atom is -0.308 e. The van der Waals surface area contributed by atoms with Crippen LogP contribution in [0.5, 0.6) is 0 Å². The number of fused-ring (bicyclic) bond motifs is 1. The Hall–Kier alpha value is -1.63. The van der Waals surface area contributed by atoms with Crippen LogP contribution < -0.4 is 10.6 Å². The maximum atomic E-state index is 11.9. The topological polar surface area (TPSA) is 54.0 Å². The second kappa shape index (κ2) is 7.58. The van der Waals surface area contributed by atoms with Crippen molar-refractivity contribution in [1.82, 2.24) is 10.3 Å². The Balaban J connectivity index is 1.97. The molecule has 2 amide bonds. The third kappa shape index (κ3) is 4.98. The fourth-order valence-electron chi connectivity index (χ4n) is 1.56. The van der Waals surface area contributed by atoms with E-state index in [0.717, 1.165) is 14.7 Å². The second-order valence-electron chi connectivity index (χ2n) is 4.35. The lowest BCUT2D eigenvalue weighted by Gasteiger charge is -2.03. The highest BCUT2D eigenvalue weighted by Gasteiger charge is 2.07. The van der Waals surface area contributed by atoms with E-state index in [-0.39, 0.29) is 6.03 Å². The average Bonchev–Trinajstić information content (AvgIpc) is 2.78. The first kappa shape index (κ1) is 16.7. The Bertz CT molecular complexity index is 778. The van der Waals surface area contributed by atoms with Crippen LogP contribution in [0.4, 0.5) is 9.93 Å². The standard InChI is InChI=1S/C15H13BrClN3OS/c1-9(17)4-3-5-10(2)18-14(21)20-15-19-12-7-6-11(16)8-13(12)22-15/h3-8H,2H2,1H3,(H2,18,19,20,21)/b5-3-,9-4+. The van der Waals surface area contributed by atoms with Gasteiger partial charge in [-0.1, -0.05) is 51.5 Å². The molecular weight excluding hydrogens is 386 g/mol. The van der Waals surface area contributed by atoms with Crippen molar-refractivity contribution in [2.75, 3.05) is 5.32 Å². The Morgan fingerprint density at radius 1 is 1.50 bits per heavy atom. The van der Waals surface area contributed by atoms with Gasteiger partial charge in [0.05, 0.1) is 10.2 Å². The Morgan fingerprint density at radius 3 is 3.00 bits per heavy atom. The van der Waals surface area contributed by atoms with Crippen LogP contribution in [-0.2, 0) is 0 Å². The molecule has 0 saturated heterocycles. The van der Waals surface area contributed by atoms with Gasteiger partial charge in [-0.15, -0.1) is 0 Å². The van der Waals surface area contributed by atoms with Gasteiger partial charge in [-0.2, -0.15) is 0 Å². The summed E-state index contributed by atoms with van der Waals surface area (Å²) in [7, 11) is 0. The number of carbonyl (C=O) groups excluding carboxylic acids is 1. The van der Waals surface area contributed by atoms with Crippen LogP contribution in [0, 0.1) is 0 Å². The van der Waals surface area contributed by atoms with E-state index in [1.807, 2.05) is 18.2 Å². The van der Waals surface area contributed by atoms with E-state index in [0.29, 0.717) is 15.9 Å². The molecule has 2 N–H and O–H groups in total. The van der Waals surface area contributed by atoms with Gasteiger partial charge in [-0.3, -0.25) is 5.32 Å². The summed E-state index contributed by atoms with van der Waals surface area (Å²) in [5.74, 6) is 0. The molecule has 0 bridgehead atoms. The number of aromatic nitrogens is 1. The van der Waals surface area contributed by atoms with Crippen molar-refractivity contribution in [2.45, 2.75) is 6.92 Å². The summed E-state index contributed by atoms with van der Waals surface area (Å²) in [4.78, 5) is 16.2. The highest BCUT2D eigenvalue weighted by Crippen LogP contribution is 2.28. The highest BCUT2D eigenvalue weighted by molar-refractivity contribution is 9.10. The van der Waals surface area contributed by atoms with Crippen molar-refractivity contribution in [1.29, 1.82) is 0 Å². The monoisotopic (exact) mass is 397 g/mol. The zero-order valence-corrected chi connectivity index (χ0v) is 14.8. The highest BCUT2D eigenvalue weighted by atomic mass is 79.9. The molecule has 2 rings (SSSR count). The van der Waals surface area contributed by atoms with E-state index in [2.05, 4.69) is 38.1 Å². The number of allylic oxidation sites excluding steroid dienone is 4. The van der Waals surface area contributed by atoms with Crippen molar-refractivity contribution in [2.24, 2.45) is 0 Å². The summed E-state index contributed by atoms with van der Waals surface area (Å²) in [5, 5.41) is 6.47. The number of carbonyl (C=O) groups is 1. The largest absolute Gasteiger partial charge is 0.325 e. The number of hydrogen-bond donors (Lipinski definition) is 2. The lowest BCUT2D eigenvalue weighted by atomic mass is 10.3. The maximum absolute atomic E-state index is 11.9. The lowest BCUT2D eigenvalue weighted by molar-refractivity contribution is 0.254. The van der Waals surface area contributed by atoms with Gasteiger partial charge in [0.1, 0.15) is 0 Å². The molecule has 1 aromatic heterocycles. The van der Waals surface area contributed by atoms with Gasteiger partial charge >= 0.3 is 6.03 Å². The predicted octanol–water partition coefficient (Wildman–Crippen LogP) is 5.39. The number of amides is 2. The molecule has 4 nitrogen and oxygen atoms in total. The summed E-state index contributed by atoms with van der Waals surface area (Å²) >= 11 is 10.5. The van der Waals surface area contributed by atoms with E-state index in [1.54, 1.807) is 25.2 Å². The molecule has 22 heavy (non-hydrogen) atoms. The third-order valence-corrected chi connectivity index (χ3v) is 4.02. The number of thiazole rings is 1. The number of benzene rings is 1. The Morgan fingerprint density at radius 2 is 2.27 bits per heavy atom. The van der Waals surface area contributed by atoms with Gasteiger partial charge in [-0.05, 0) is 37.3 Å². The van der Waals surface area contributed by atoms with Gasteiger partial charge in [0.2, 0.25) is 0 Å². The number of halogens is 2. The Kier molecular flexibility index (Phi) is 5.76. The van der Waals surface area contributed by atoms with Crippen LogP contribution in [0.25, 0.3) is 10.2 Å². The first-order chi connectivity index (χ1) is 10.4. The van der Waals surface area contributed by atoms with Gasteiger partial charge in [-0.25, -0.2) is 9.78 Å². The normalized spacial score (nSPS) is 11.9. The van der Waals surface area contributed by atoms with E-state index in [4.69, 9.17) is 11.6 Å². The molecule has 1 heterocycles. The molecule has 0 radical (unpaired) electrons. The SMILES string of the molecule is C=C(/C=C\C=C(/C)Cl)NC(=O)Nc1nc2ccc(Br)cc2s1. The summed E-state index contributed by atoms with van der Waals surface area (Å²) in [6.07, 6.45) is 5.07. The minimum atomic E-state index is -0.389. The van der Waals surface area contributed by atoms with Crippen molar-refractivity contribution in [3.63, 3.8) is 0 Å². The maximum Gasteiger partial charge on any atom is 0.325 e. The number of nitrogens with zero attached hydrogens (tertiary/aromatic N) is 1. The van der Waals surface area contributed by atoms with Crippen LogP contribution in [0.15, 0.2) is 58.2 Å². The first-order valence-electron chi connectivity index (χ1n) is 6.27. The van der Waals surface area contributed by atoms with Crippen LogP contribution in [0.1, 0.15) is 6.92 Å². The Labute approximate surface area is 145 Å². The predicted molar refractivity (Wildman–Crippen MR) is 97.4 cm³/mol. The van der Waals surface area contributed by atoms with Crippen molar-refractivity contribution in [3.8, 4) is 0 Å². The number of urea groups is 1. The lowest BCUT2D eigenvalue weighted by Crippen LogP contribution is -2.26. The minimum absolute atomic E-state index is 0.389. The van der Waals surface area contributed by atoms with Crippen molar-refractivity contribution in [3.05, 3.63) is 58.2 Å². The summed E-state index contributed by atoms with van der Waals surface area (Å²) in [6.45, 7) is 5.50. The molecule has 2 aromatic rings. The summed E-state index contributed by atoms with van der Waals surface area (Å²) < 4.78 is 1.96. The molecule has 0 aliphatic rings. The van der Waals surface area contributed by atoms with Crippen molar-refractivity contribution < 1.29 is 4.79 Å². The molecule has 0 spiro atoms. The fraction of sp³-hybridized carbons (Fsp3) is 0.0667. The van der Waals surface area contributed by atoms with Crippen LogP contribution in [0.2, 0.25) is 0 Å². The molecule has 0 saturated carbocycles. The molecule has 7 heteroatoms. The van der Waals surface area contributed by atoms with Gasteiger partial charge in [0.25, 0.3) is 0 Å². The number of rotatable bonds is 4. The molecule has 0 aliphatic heterocycles. The second-order valence-corrected chi connectivity index (χ2v) is 6.89. The third-order valence-electron chi connectivity index (χ3n) is 2.47. The number of hydrogen-bond acceptors (Lipinski definition) is 3. The zero-order chi connectivity index (χ0) is 16.1. The van der Waals surface area contributed by atoms with Gasteiger partial charge in [0, 0.05) is 15.2 Å². The van der Waals surface area contributed by atoms with E-state index >= 15 is 0 Å². The fourth-order valence-corrected chi connectivity index (χ4v) is 3.05.